The standard InChI is InChI=1S/C29H33BrN2O2/c1-21(2)31-29(34)27(19-24-7-5-4-6-8-24)32(20-25-13-16-26(30)17-14-25)28(33)18-15-23-11-9-22(3)10-12-23/h4-14,16-17,21,27H,15,18-20H2,1-3H3,(H,31,34)/t27-/m0/s1. The fourth-order valence-electron chi connectivity index (χ4n) is 3.87. The highest BCUT2D eigenvalue weighted by atomic mass is 79.9. The van der Waals surface area contributed by atoms with E-state index in [-0.39, 0.29) is 17.9 Å². The number of aryl methyl sites for hydroxylation is 2. The van der Waals surface area contributed by atoms with Gasteiger partial charge in [0.15, 0.2) is 0 Å². The van der Waals surface area contributed by atoms with Gasteiger partial charge in [-0.15, -0.1) is 0 Å². The molecule has 0 bridgehead atoms. The van der Waals surface area contributed by atoms with Crippen molar-refractivity contribution in [3.63, 3.8) is 0 Å². The maximum absolute atomic E-state index is 13.6. The van der Waals surface area contributed by atoms with E-state index in [4.69, 9.17) is 0 Å². The van der Waals surface area contributed by atoms with Crippen LogP contribution in [0.5, 0.6) is 0 Å². The Labute approximate surface area is 211 Å². The van der Waals surface area contributed by atoms with E-state index in [2.05, 4.69) is 52.4 Å². The lowest BCUT2D eigenvalue weighted by Gasteiger charge is -2.32. The normalized spacial score (nSPS) is 11.8. The number of benzene rings is 3. The Kier molecular flexibility index (Phi) is 9.46. The van der Waals surface area contributed by atoms with Crippen molar-refractivity contribution in [1.82, 2.24) is 10.2 Å². The van der Waals surface area contributed by atoms with Crippen molar-refractivity contribution in [3.8, 4) is 0 Å². The molecule has 0 aliphatic carbocycles. The summed E-state index contributed by atoms with van der Waals surface area (Å²) in [6.07, 6.45) is 1.45. The molecule has 0 aliphatic rings. The van der Waals surface area contributed by atoms with Gasteiger partial charge in [0.1, 0.15) is 6.04 Å². The largest absolute Gasteiger partial charge is 0.352 e. The smallest absolute Gasteiger partial charge is 0.243 e. The highest BCUT2D eigenvalue weighted by Crippen LogP contribution is 2.19. The van der Waals surface area contributed by atoms with Gasteiger partial charge in [-0.1, -0.05) is 88.2 Å². The molecule has 1 atom stereocenters. The minimum atomic E-state index is -0.598. The van der Waals surface area contributed by atoms with Crippen LogP contribution in [-0.2, 0) is 29.0 Å². The Morgan fingerprint density at radius 1 is 0.853 bits per heavy atom. The summed E-state index contributed by atoms with van der Waals surface area (Å²) in [7, 11) is 0. The number of nitrogens with one attached hydrogen (secondary N) is 1. The molecule has 3 rings (SSSR count). The molecule has 34 heavy (non-hydrogen) atoms. The summed E-state index contributed by atoms with van der Waals surface area (Å²) in [5, 5.41) is 3.03. The summed E-state index contributed by atoms with van der Waals surface area (Å²) in [5.41, 5.74) is 4.33. The molecule has 0 aliphatic heterocycles. The van der Waals surface area contributed by atoms with Crippen LogP contribution in [0.4, 0.5) is 0 Å². The molecule has 5 heteroatoms. The Bertz CT molecular complexity index is 1060. The summed E-state index contributed by atoms with van der Waals surface area (Å²) >= 11 is 3.48. The van der Waals surface area contributed by atoms with E-state index in [9.17, 15) is 9.59 Å². The number of carbonyl (C=O) groups is 2. The van der Waals surface area contributed by atoms with Crippen LogP contribution >= 0.6 is 15.9 Å². The fraction of sp³-hybridized carbons (Fsp3) is 0.310. The van der Waals surface area contributed by atoms with Crippen LogP contribution in [-0.4, -0.2) is 28.8 Å². The van der Waals surface area contributed by atoms with E-state index in [1.807, 2.05) is 68.4 Å². The molecule has 0 aromatic heterocycles. The first-order chi connectivity index (χ1) is 16.3. The van der Waals surface area contributed by atoms with Crippen LogP contribution in [0.2, 0.25) is 0 Å². The van der Waals surface area contributed by atoms with Gasteiger partial charge >= 0.3 is 0 Å². The van der Waals surface area contributed by atoms with Gasteiger partial charge in [0.05, 0.1) is 0 Å². The molecule has 2 amide bonds. The Balaban J connectivity index is 1.89. The third kappa shape index (κ3) is 7.84. The van der Waals surface area contributed by atoms with Gasteiger partial charge in [-0.05, 0) is 56.0 Å². The highest BCUT2D eigenvalue weighted by molar-refractivity contribution is 9.10. The lowest BCUT2D eigenvalue weighted by Crippen LogP contribution is -2.51. The summed E-state index contributed by atoms with van der Waals surface area (Å²) in [5.74, 6) is -0.150. The molecule has 0 spiro atoms. The monoisotopic (exact) mass is 520 g/mol. The predicted molar refractivity (Wildman–Crippen MR) is 141 cm³/mol. The summed E-state index contributed by atoms with van der Waals surface area (Å²) in [6, 6.07) is 25.4. The maximum Gasteiger partial charge on any atom is 0.243 e. The van der Waals surface area contributed by atoms with Gasteiger partial charge in [-0.25, -0.2) is 0 Å². The predicted octanol–water partition coefficient (Wildman–Crippen LogP) is 5.85. The lowest BCUT2D eigenvalue weighted by molar-refractivity contribution is -0.141. The van der Waals surface area contributed by atoms with Gasteiger partial charge in [0, 0.05) is 29.9 Å². The molecule has 0 radical (unpaired) electrons. The minimum Gasteiger partial charge on any atom is -0.352 e. The van der Waals surface area contributed by atoms with Crippen LogP contribution in [0.3, 0.4) is 0 Å². The third-order valence-corrected chi connectivity index (χ3v) is 6.25. The quantitative estimate of drug-likeness (QED) is 0.364. The van der Waals surface area contributed by atoms with Crippen molar-refractivity contribution in [2.45, 2.75) is 58.7 Å². The van der Waals surface area contributed by atoms with Gasteiger partial charge in [0.25, 0.3) is 0 Å². The van der Waals surface area contributed by atoms with E-state index in [1.54, 1.807) is 4.90 Å². The van der Waals surface area contributed by atoms with Crippen molar-refractivity contribution >= 4 is 27.7 Å². The zero-order chi connectivity index (χ0) is 24.5. The molecule has 4 nitrogen and oxygen atoms in total. The maximum atomic E-state index is 13.6. The SMILES string of the molecule is Cc1ccc(CCC(=O)N(Cc2ccc(Br)cc2)[C@@H](Cc2ccccc2)C(=O)NC(C)C)cc1. The second kappa shape index (κ2) is 12.5. The van der Waals surface area contributed by atoms with Crippen LogP contribution in [0.25, 0.3) is 0 Å². The van der Waals surface area contributed by atoms with Crippen LogP contribution < -0.4 is 5.32 Å². The Hall–Kier alpha value is -2.92. The fourth-order valence-corrected chi connectivity index (χ4v) is 4.14. The minimum absolute atomic E-state index is 0.0111. The molecule has 178 valence electrons. The molecular formula is C29H33BrN2O2. The van der Waals surface area contributed by atoms with Crippen LogP contribution in [0.15, 0.2) is 83.3 Å². The molecule has 0 unspecified atom stereocenters. The average molecular weight is 521 g/mol. The number of rotatable bonds is 10. The number of hydrogen-bond acceptors (Lipinski definition) is 2. The van der Waals surface area contributed by atoms with Gasteiger partial charge < -0.3 is 10.2 Å². The number of hydrogen-bond donors (Lipinski definition) is 1. The van der Waals surface area contributed by atoms with Gasteiger partial charge in [-0.2, -0.15) is 0 Å². The van der Waals surface area contributed by atoms with Crippen molar-refractivity contribution in [2.24, 2.45) is 0 Å². The number of carbonyl (C=O) groups excluding carboxylic acids is 2. The number of halogens is 1. The Morgan fingerprint density at radius 3 is 2.09 bits per heavy atom. The van der Waals surface area contributed by atoms with E-state index in [1.165, 1.54) is 5.56 Å². The second-order valence-electron chi connectivity index (χ2n) is 9.00. The first-order valence-electron chi connectivity index (χ1n) is 11.8. The van der Waals surface area contributed by atoms with E-state index in [0.717, 1.165) is 21.2 Å². The first-order valence-corrected chi connectivity index (χ1v) is 12.5. The molecule has 0 heterocycles. The third-order valence-electron chi connectivity index (χ3n) is 5.72. The topological polar surface area (TPSA) is 49.4 Å². The molecule has 0 saturated heterocycles. The van der Waals surface area contributed by atoms with Gasteiger partial charge in [0.2, 0.25) is 11.8 Å². The van der Waals surface area contributed by atoms with Crippen molar-refractivity contribution < 1.29 is 9.59 Å². The summed E-state index contributed by atoms with van der Waals surface area (Å²) in [4.78, 5) is 28.7. The second-order valence-corrected chi connectivity index (χ2v) is 9.92. The van der Waals surface area contributed by atoms with E-state index >= 15 is 0 Å². The average Bonchev–Trinajstić information content (AvgIpc) is 2.82. The summed E-state index contributed by atoms with van der Waals surface area (Å²) in [6.45, 7) is 6.31. The van der Waals surface area contributed by atoms with E-state index < -0.39 is 6.04 Å². The highest BCUT2D eigenvalue weighted by Gasteiger charge is 2.30. The van der Waals surface area contributed by atoms with Crippen molar-refractivity contribution in [3.05, 3.63) is 106 Å². The zero-order valence-electron chi connectivity index (χ0n) is 20.1. The first kappa shape index (κ1) is 25.7. The van der Waals surface area contributed by atoms with Crippen LogP contribution in [0, 0.1) is 6.92 Å². The number of nitrogens with zero attached hydrogens (tertiary/aromatic N) is 1. The summed E-state index contributed by atoms with van der Waals surface area (Å²) < 4.78 is 0.979. The van der Waals surface area contributed by atoms with E-state index in [0.29, 0.717) is 25.8 Å². The molecule has 1 N–H and O–H groups in total. The van der Waals surface area contributed by atoms with Crippen molar-refractivity contribution in [2.75, 3.05) is 0 Å². The molecule has 3 aromatic rings. The molecule has 3 aromatic carbocycles. The van der Waals surface area contributed by atoms with Crippen LogP contribution in [0.1, 0.15) is 42.5 Å². The molecular weight excluding hydrogens is 488 g/mol. The van der Waals surface area contributed by atoms with Gasteiger partial charge in [-0.3, -0.25) is 9.59 Å². The number of amides is 2. The molecule has 0 saturated carbocycles. The lowest BCUT2D eigenvalue weighted by atomic mass is 10.0. The molecule has 0 fully saturated rings. The zero-order valence-corrected chi connectivity index (χ0v) is 21.7. The Morgan fingerprint density at radius 2 is 1.47 bits per heavy atom. The van der Waals surface area contributed by atoms with Crippen molar-refractivity contribution in [1.29, 1.82) is 0 Å².